The molecular formula is C19H27N5O. The molecule has 0 spiro atoms. The third-order valence-electron chi connectivity index (χ3n) is 5.10. The van der Waals surface area contributed by atoms with Crippen molar-refractivity contribution in [3.05, 3.63) is 41.5 Å². The van der Waals surface area contributed by atoms with Crippen LogP contribution in [0.3, 0.4) is 0 Å². The third-order valence-corrected chi connectivity index (χ3v) is 5.10. The van der Waals surface area contributed by atoms with Crippen molar-refractivity contribution < 1.29 is 4.79 Å². The highest BCUT2D eigenvalue weighted by atomic mass is 16.1. The van der Waals surface area contributed by atoms with Gasteiger partial charge in [0.05, 0.1) is 11.3 Å². The number of nitrogens with one attached hydrogen (secondary N) is 1. The van der Waals surface area contributed by atoms with E-state index in [4.69, 9.17) is 0 Å². The molecule has 6 nitrogen and oxygen atoms in total. The number of piperidine rings is 1. The zero-order valence-electron chi connectivity index (χ0n) is 15.3. The molecule has 1 fully saturated rings. The van der Waals surface area contributed by atoms with Crippen LogP contribution in [0.1, 0.15) is 41.5 Å². The first kappa shape index (κ1) is 17.5. The predicted octanol–water partition coefficient (Wildman–Crippen LogP) is 2.56. The first-order chi connectivity index (χ1) is 12.1. The van der Waals surface area contributed by atoms with Gasteiger partial charge in [-0.25, -0.2) is 0 Å². The van der Waals surface area contributed by atoms with E-state index in [0.717, 1.165) is 56.0 Å². The van der Waals surface area contributed by atoms with Gasteiger partial charge in [0.2, 0.25) is 0 Å². The summed E-state index contributed by atoms with van der Waals surface area (Å²) in [5, 5.41) is 7.55. The molecule has 3 heterocycles. The van der Waals surface area contributed by atoms with E-state index in [1.54, 1.807) is 0 Å². The molecule has 6 heteroatoms. The Morgan fingerprint density at radius 3 is 2.52 bits per heavy atom. The van der Waals surface area contributed by atoms with Gasteiger partial charge in [-0.05, 0) is 51.7 Å². The van der Waals surface area contributed by atoms with E-state index in [1.165, 1.54) is 5.69 Å². The van der Waals surface area contributed by atoms with E-state index in [0.29, 0.717) is 5.92 Å². The van der Waals surface area contributed by atoms with E-state index in [1.807, 2.05) is 37.8 Å². The average molecular weight is 341 g/mol. The van der Waals surface area contributed by atoms with Gasteiger partial charge in [-0.2, -0.15) is 5.10 Å². The molecule has 1 amide bonds. The summed E-state index contributed by atoms with van der Waals surface area (Å²) in [6.45, 7) is 9.48. The van der Waals surface area contributed by atoms with Gasteiger partial charge >= 0.3 is 0 Å². The maximum atomic E-state index is 12.6. The standard InChI is InChI=1S/C19H27N5O/c1-4-24-15(3)18(14(2)22-24)19(25)21-13-16-7-11-23(12-8-16)17-5-9-20-10-6-17/h5-6,9-10,16H,4,7-8,11-13H2,1-3H3,(H,21,25). The summed E-state index contributed by atoms with van der Waals surface area (Å²) in [7, 11) is 0. The molecule has 0 radical (unpaired) electrons. The molecule has 1 N–H and O–H groups in total. The number of amides is 1. The number of hydrogen-bond donors (Lipinski definition) is 1. The number of carbonyl (C=O) groups excluding carboxylic acids is 1. The van der Waals surface area contributed by atoms with Crippen LogP contribution in [-0.2, 0) is 6.54 Å². The van der Waals surface area contributed by atoms with Crippen molar-refractivity contribution in [2.24, 2.45) is 5.92 Å². The van der Waals surface area contributed by atoms with E-state index >= 15 is 0 Å². The second-order valence-electron chi connectivity index (χ2n) is 6.71. The van der Waals surface area contributed by atoms with Crippen LogP contribution in [0.4, 0.5) is 5.69 Å². The highest BCUT2D eigenvalue weighted by Crippen LogP contribution is 2.22. The lowest BCUT2D eigenvalue weighted by Gasteiger charge is -2.33. The van der Waals surface area contributed by atoms with Crippen molar-refractivity contribution in [1.82, 2.24) is 20.1 Å². The number of hydrogen-bond acceptors (Lipinski definition) is 4. The highest BCUT2D eigenvalue weighted by molar-refractivity contribution is 5.96. The summed E-state index contributed by atoms with van der Waals surface area (Å²) >= 11 is 0. The lowest BCUT2D eigenvalue weighted by atomic mass is 9.96. The van der Waals surface area contributed by atoms with E-state index < -0.39 is 0 Å². The van der Waals surface area contributed by atoms with Crippen LogP contribution in [0.25, 0.3) is 0 Å². The Balaban J connectivity index is 1.52. The molecule has 0 unspecified atom stereocenters. The third kappa shape index (κ3) is 3.83. The summed E-state index contributed by atoms with van der Waals surface area (Å²) in [6.07, 6.45) is 5.86. The van der Waals surface area contributed by atoms with Crippen molar-refractivity contribution in [3.8, 4) is 0 Å². The average Bonchev–Trinajstić information content (AvgIpc) is 2.94. The van der Waals surface area contributed by atoms with Crippen LogP contribution in [-0.4, -0.2) is 40.3 Å². The molecule has 0 bridgehead atoms. The second-order valence-corrected chi connectivity index (χ2v) is 6.71. The zero-order valence-corrected chi connectivity index (χ0v) is 15.3. The lowest BCUT2D eigenvalue weighted by Crippen LogP contribution is -2.38. The van der Waals surface area contributed by atoms with Gasteiger partial charge in [0.25, 0.3) is 5.91 Å². The van der Waals surface area contributed by atoms with E-state index in [-0.39, 0.29) is 5.91 Å². The smallest absolute Gasteiger partial charge is 0.255 e. The van der Waals surface area contributed by atoms with E-state index in [2.05, 4.69) is 32.4 Å². The van der Waals surface area contributed by atoms with Gasteiger partial charge in [-0.15, -0.1) is 0 Å². The van der Waals surface area contributed by atoms with Crippen molar-refractivity contribution >= 4 is 11.6 Å². The highest BCUT2D eigenvalue weighted by Gasteiger charge is 2.22. The maximum Gasteiger partial charge on any atom is 0.255 e. The topological polar surface area (TPSA) is 63.1 Å². The molecule has 1 saturated heterocycles. The largest absolute Gasteiger partial charge is 0.371 e. The monoisotopic (exact) mass is 341 g/mol. The minimum atomic E-state index is 0.00580. The van der Waals surface area contributed by atoms with Gasteiger partial charge in [0.15, 0.2) is 0 Å². The Morgan fingerprint density at radius 2 is 1.92 bits per heavy atom. The van der Waals surface area contributed by atoms with Gasteiger partial charge in [0, 0.05) is 50.0 Å². The quantitative estimate of drug-likeness (QED) is 0.908. The lowest BCUT2D eigenvalue weighted by molar-refractivity contribution is 0.0943. The number of aromatic nitrogens is 3. The molecular weight excluding hydrogens is 314 g/mol. The zero-order chi connectivity index (χ0) is 17.8. The number of carbonyl (C=O) groups is 1. The molecule has 1 aliphatic heterocycles. The number of nitrogens with zero attached hydrogens (tertiary/aromatic N) is 4. The van der Waals surface area contributed by atoms with Crippen LogP contribution in [0.5, 0.6) is 0 Å². The van der Waals surface area contributed by atoms with Crippen molar-refractivity contribution in [3.63, 3.8) is 0 Å². The number of aryl methyl sites for hydroxylation is 2. The summed E-state index contributed by atoms with van der Waals surface area (Å²) in [6, 6.07) is 4.11. The molecule has 2 aromatic heterocycles. The fourth-order valence-corrected chi connectivity index (χ4v) is 3.61. The van der Waals surface area contributed by atoms with Crippen LogP contribution >= 0.6 is 0 Å². The summed E-state index contributed by atoms with van der Waals surface area (Å²) in [5.74, 6) is 0.537. The molecule has 2 aromatic rings. The van der Waals surface area contributed by atoms with Gasteiger partial charge in [-0.1, -0.05) is 0 Å². The van der Waals surface area contributed by atoms with Gasteiger partial charge < -0.3 is 10.2 Å². The Morgan fingerprint density at radius 1 is 1.24 bits per heavy atom. The van der Waals surface area contributed by atoms with Crippen molar-refractivity contribution in [1.29, 1.82) is 0 Å². The van der Waals surface area contributed by atoms with E-state index in [9.17, 15) is 4.79 Å². The Labute approximate surface area is 149 Å². The Kier molecular flexibility index (Phi) is 5.36. The molecule has 0 aliphatic carbocycles. The van der Waals surface area contributed by atoms with Crippen molar-refractivity contribution in [2.45, 2.75) is 40.2 Å². The molecule has 3 rings (SSSR count). The fraction of sp³-hybridized carbons (Fsp3) is 0.526. The Hall–Kier alpha value is -2.37. The fourth-order valence-electron chi connectivity index (χ4n) is 3.61. The van der Waals surface area contributed by atoms with Gasteiger partial charge in [0.1, 0.15) is 0 Å². The molecule has 0 atom stereocenters. The molecule has 0 saturated carbocycles. The first-order valence-corrected chi connectivity index (χ1v) is 9.07. The normalized spacial score (nSPS) is 15.4. The summed E-state index contributed by atoms with van der Waals surface area (Å²) < 4.78 is 1.89. The van der Waals surface area contributed by atoms with Crippen LogP contribution in [0, 0.1) is 19.8 Å². The number of rotatable bonds is 5. The van der Waals surface area contributed by atoms with Crippen LogP contribution in [0.2, 0.25) is 0 Å². The van der Waals surface area contributed by atoms with Crippen LogP contribution in [0.15, 0.2) is 24.5 Å². The minimum absolute atomic E-state index is 0.00580. The second kappa shape index (κ2) is 7.68. The summed E-state index contributed by atoms with van der Waals surface area (Å²) in [4.78, 5) is 19.0. The van der Waals surface area contributed by atoms with Crippen molar-refractivity contribution in [2.75, 3.05) is 24.5 Å². The number of pyridine rings is 1. The molecule has 1 aliphatic rings. The predicted molar refractivity (Wildman–Crippen MR) is 98.9 cm³/mol. The van der Waals surface area contributed by atoms with Gasteiger partial charge in [-0.3, -0.25) is 14.5 Å². The number of anilines is 1. The van der Waals surface area contributed by atoms with Crippen LogP contribution < -0.4 is 10.2 Å². The summed E-state index contributed by atoms with van der Waals surface area (Å²) in [5.41, 5.74) is 3.72. The molecule has 134 valence electrons. The molecule has 25 heavy (non-hydrogen) atoms. The first-order valence-electron chi connectivity index (χ1n) is 9.07. The maximum absolute atomic E-state index is 12.6. The molecule has 0 aromatic carbocycles. The minimum Gasteiger partial charge on any atom is -0.371 e. The Bertz CT molecular complexity index is 717. The SMILES string of the molecule is CCn1nc(C)c(C(=O)NCC2CCN(c3ccncc3)CC2)c1C.